The summed E-state index contributed by atoms with van der Waals surface area (Å²) in [6, 6.07) is 10.2. The highest BCUT2D eigenvalue weighted by molar-refractivity contribution is 5.84. The van der Waals surface area contributed by atoms with E-state index in [9.17, 15) is 0 Å². The maximum atomic E-state index is 5.54. The standard InChI is InChI=1S/C14H11NO/c1-2-6-12-11(5-1)8-9-15-14(12)13-7-3-4-10-16-13/h1-10,13H. The van der Waals surface area contributed by atoms with E-state index in [-0.39, 0.29) is 6.10 Å². The van der Waals surface area contributed by atoms with Crippen molar-refractivity contribution in [3.63, 3.8) is 0 Å². The van der Waals surface area contributed by atoms with Crippen LogP contribution in [0, 0.1) is 0 Å². The van der Waals surface area contributed by atoms with E-state index in [0.29, 0.717) is 0 Å². The number of hydrogen-bond acceptors (Lipinski definition) is 2. The lowest BCUT2D eigenvalue weighted by Gasteiger charge is -2.16. The SMILES string of the molecule is C1=COC(c2nccc3ccccc23)C=C1. The normalized spacial score (nSPS) is 18.6. The van der Waals surface area contributed by atoms with Crippen molar-refractivity contribution < 1.29 is 4.74 Å². The number of hydrogen-bond donors (Lipinski definition) is 0. The molecule has 1 aliphatic heterocycles. The Morgan fingerprint density at radius 1 is 1.06 bits per heavy atom. The van der Waals surface area contributed by atoms with Gasteiger partial charge in [0.1, 0.15) is 0 Å². The lowest BCUT2D eigenvalue weighted by atomic mass is 10.1. The number of allylic oxidation sites excluding steroid dienone is 2. The van der Waals surface area contributed by atoms with E-state index in [1.54, 1.807) is 6.26 Å². The number of rotatable bonds is 1. The summed E-state index contributed by atoms with van der Waals surface area (Å²) in [4.78, 5) is 4.42. The topological polar surface area (TPSA) is 22.1 Å². The highest BCUT2D eigenvalue weighted by atomic mass is 16.5. The fourth-order valence-corrected chi connectivity index (χ4v) is 1.91. The van der Waals surface area contributed by atoms with Gasteiger partial charge in [-0.1, -0.05) is 30.3 Å². The second kappa shape index (κ2) is 3.81. The first-order valence-corrected chi connectivity index (χ1v) is 5.27. The summed E-state index contributed by atoms with van der Waals surface area (Å²) in [6.07, 6.45) is 9.33. The van der Waals surface area contributed by atoms with E-state index >= 15 is 0 Å². The molecule has 1 aromatic carbocycles. The van der Waals surface area contributed by atoms with Gasteiger partial charge in [0.25, 0.3) is 0 Å². The summed E-state index contributed by atoms with van der Waals surface area (Å²) in [7, 11) is 0. The Balaban J connectivity index is 2.16. The maximum absolute atomic E-state index is 5.54. The Kier molecular flexibility index (Phi) is 2.18. The second-order valence-electron chi connectivity index (χ2n) is 3.69. The Hall–Kier alpha value is -2.09. The Bertz CT molecular complexity index is 566. The van der Waals surface area contributed by atoms with Gasteiger partial charge in [-0.15, -0.1) is 0 Å². The fourth-order valence-electron chi connectivity index (χ4n) is 1.91. The second-order valence-corrected chi connectivity index (χ2v) is 3.69. The zero-order valence-corrected chi connectivity index (χ0v) is 8.71. The van der Waals surface area contributed by atoms with E-state index < -0.39 is 0 Å². The number of benzene rings is 1. The largest absolute Gasteiger partial charge is 0.488 e. The average Bonchev–Trinajstić information content (AvgIpc) is 2.39. The zero-order valence-electron chi connectivity index (χ0n) is 8.71. The lowest BCUT2D eigenvalue weighted by molar-refractivity contribution is 0.183. The van der Waals surface area contributed by atoms with Crippen molar-refractivity contribution in [1.82, 2.24) is 4.98 Å². The van der Waals surface area contributed by atoms with Gasteiger partial charge in [-0.2, -0.15) is 0 Å². The van der Waals surface area contributed by atoms with Crippen LogP contribution in [-0.2, 0) is 4.74 Å². The molecule has 1 unspecified atom stereocenters. The van der Waals surface area contributed by atoms with Crippen molar-refractivity contribution in [1.29, 1.82) is 0 Å². The van der Waals surface area contributed by atoms with Crippen molar-refractivity contribution in [2.24, 2.45) is 0 Å². The fraction of sp³-hybridized carbons (Fsp3) is 0.0714. The van der Waals surface area contributed by atoms with Gasteiger partial charge >= 0.3 is 0 Å². The monoisotopic (exact) mass is 209 g/mol. The third kappa shape index (κ3) is 1.48. The van der Waals surface area contributed by atoms with E-state index in [0.717, 1.165) is 11.1 Å². The molecule has 0 fully saturated rings. The van der Waals surface area contributed by atoms with Crippen LogP contribution in [0.15, 0.2) is 61.0 Å². The van der Waals surface area contributed by atoms with Crippen LogP contribution in [0.2, 0.25) is 0 Å². The van der Waals surface area contributed by atoms with Crippen LogP contribution >= 0.6 is 0 Å². The van der Waals surface area contributed by atoms with Crippen molar-refractivity contribution in [3.05, 3.63) is 66.7 Å². The van der Waals surface area contributed by atoms with Crippen LogP contribution in [0.5, 0.6) is 0 Å². The molecule has 0 aliphatic carbocycles. The molecular weight excluding hydrogens is 198 g/mol. The molecule has 78 valence electrons. The maximum Gasteiger partial charge on any atom is 0.159 e. The third-order valence-electron chi connectivity index (χ3n) is 2.67. The average molecular weight is 209 g/mol. The molecule has 0 amide bonds. The summed E-state index contributed by atoms with van der Waals surface area (Å²) >= 11 is 0. The molecule has 2 heteroatoms. The van der Waals surface area contributed by atoms with Gasteiger partial charge in [0.2, 0.25) is 0 Å². The number of nitrogens with zero attached hydrogens (tertiary/aromatic N) is 1. The third-order valence-corrected chi connectivity index (χ3v) is 2.67. The molecule has 1 aromatic heterocycles. The number of ether oxygens (including phenoxy) is 1. The highest BCUT2D eigenvalue weighted by Gasteiger charge is 2.13. The highest BCUT2D eigenvalue weighted by Crippen LogP contribution is 2.26. The minimum atomic E-state index is -0.0731. The molecule has 2 heterocycles. The van der Waals surface area contributed by atoms with Crippen molar-refractivity contribution in [2.45, 2.75) is 6.10 Å². The quantitative estimate of drug-likeness (QED) is 0.718. The number of fused-ring (bicyclic) bond motifs is 1. The van der Waals surface area contributed by atoms with Crippen molar-refractivity contribution in [2.75, 3.05) is 0 Å². The van der Waals surface area contributed by atoms with Gasteiger partial charge in [-0.3, -0.25) is 4.98 Å². The summed E-state index contributed by atoms with van der Waals surface area (Å²) in [5.74, 6) is 0. The van der Waals surface area contributed by atoms with Gasteiger partial charge in [-0.25, -0.2) is 0 Å². The number of aromatic nitrogens is 1. The minimum absolute atomic E-state index is 0.0731. The minimum Gasteiger partial charge on any atom is -0.488 e. The molecule has 0 bridgehead atoms. The van der Waals surface area contributed by atoms with Crippen LogP contribution in [0.25, 0.3) is 10.8 Å². The first-order valence-electron chi connectivity index (χ1n) is 5.27. The van der Waals surface area contributed by atoms with Gasteiger partial charge in [0, 0.05) is 11.6 Å². The summed E-state index contributed by atoms with van der Waals surface area (Å²) < 4.78 is 5.54. The Morgan fingerprint density at radius 2 is 2.00 bits per heavy atom. The zero-order chi connectivity index (χ0) is 10.8. The van der Waals surface area contributed by atoms with Gasteiger partial charge in [-0.05, 0) is 23.6 Å². The first kappa shape index (κ1) is 9.16. The summed E-state index contributed by atoms with van der Waals surface area (Å²) in [5, 5.41) is 2.34. The Labute approximate surface area is 93.9 Å². The summed E-state index contributed by atoms with van der Waals surface area (Å²) in [5.41, 5.74) is 0.971. The molecule has 2 aromatic rings. The molecule has 0 N–H and O–H groups in total. The van der Waals surface area contributed by atoms with Gasteiger partial charge in [0.15, 0.2) is 6.10 Å². The van der Waals surface area contributed by atoms with Crippen LogP contribution in [0.4, 0.5) is 0 Å². The van der Waals surface area contributed by atoms with Gasteiger partial charge in [0.05, 0.1) is 12.0 Å². The van der Waals surface area contributed by atoms with Crippen molar-refractivity contribution in [3.8, 4) is 0 Å². The van der Waals surface area contributed by atoms with Gasteiger partial charge < -0.3 is 4.74 Å². The predicted octanol–water partition coefficient (Wildman–Crippen LogP) is 3.38. The van der Waals surface area contributed by atoms with Crippen molar-refractivity contribution >= 4 is 10.8 Å². The molecule has 1 atom stereocenters. The molecule has 0 saturated heterocycles. The molecule has 3 rings (SSSR count). The lowest BCUT2D eigenvalue weighted by Crippen LogP contribution is -2.02. The van der Waals surface area contributed by atoms with Crippen LogP contribution in [0.1, 0.15) is 11.8 Å². The molecular formula is C14H11NO. The number of pyridine rings is 1. The van der Waals surface area contributed by atoms with E-state index in [1.165, 1.54) is 5.39 Å². The predicted molar refractivity (Wildman–Crippen MR) is 63.8 cm³/mol. The molecule has 16 heavy (non-hydrogen) atoms. The molecule has 0 radical (unpaired) electrons. The first-order chi connectivity index (χ1) is 7.95. The molecule has 2 nitrogen and oxygen atoms in total. The molecule has 0 spiro atoms. The van der Waals surface area contributed by atoms with Crippen LogP contribution in [-0.4, -0.2) is 4.98 Å². The van der Waals surface area contributed by atoms with E-state index in [2.05, 4.69) is 17.1 Å². The molecule has 0 saturated carbocycles. The van der Waals surface area contributed by atoms with Crippen LogP contribution in [0.3, 0.4) is 0 Å². The Morgan fingerprint density at radius 3 is 2.88 bits per heavy atom. The smallest absolute Gasteiger partial charge is 0.159 e. The molecule has 1 aliphatic rings. The van der Waals surface area contributed by atoms with Crippen LogP contribution < -0.4 is 0 Å². The van der Waals surface area contributed by atoms with E-state index in [1.807, 2.05) is 42.6 Å². The summed E-state index contributed by atoms with van der Waals surface area (Å²) in [6.45, 7) is 0. The van der Waals surface area contributed by atoms with E-state index in [4.69, 9.17) is 4.74 Å².